The Morgan fingerprint density at radius 2 is 0.776 bits per heavy atom. The fourth-order valence-corrected chi connectivity index (χ4v) is 10.8. The second-order valence-electron chi connectivity index (χ2n) is 18.1. The summed E-state index contributed by atoms with van der Waals surface area (Å²) in [4.78, 5) is 16.2. The first kappa shape index (κ1) is 33.5. The van der Waals surface area contributed by atoms with Crippen molar-refractivity contribution >= 4 is 21.8 Å². The highest BCUT2D eigenvalue weighted by Crippen LogP contribution is 2.53. The zero-order valence-corrected chi connectivity index (χ0v) is 33.6. The summed E-state index contributed by atoms with van der Waals surface area (Å²) in [5, 5.41) is 2.37. The lowest BCUT2D eigenvalue weighted by Gasteiger charge is -2.22. The summed E-state index contributed by atoms with van der Waals surface area (Å²) in [5.74, 6) is 1.94. The molecule has 278 valence electrons. The molecule has 3 aliphatic rings. The molecule has 3 aliphatic carbocycles. The van der Waals surface area contributed by atoms with Crippen LogP contribution in [0.15, 0.2) is 146 Å². The van der Waals surface area contributed by atoms with Gasteiger partial charge in [0.15, 0.2) is 11.6 Å². The smallest absolute Gasteiger partial charge is 0.238 e. The summed E-state index contributed by atoms with van der Waals surface area (Å²) >= 11 is 0. The SMILES string of the molecule is CC1(C)c2ccccc2-c2ccc(-c3nc(-c4ccc5c(c4)C(C)(C)c4ccccc4-5)nc(-n4c5ccccc5c5cc6c(cc54)C(C)(C)c4ccccc4-6)n3)cc21. The highest BCUT2D eigenvalue weighted by molar-refractivity contribution is 6.11. The summed E-state index contributed by atoms with van der Waals surface area (Å²) < 4.78 is 2.28. The first-order valence-electron chi connectivity index (χ1n) is 20.5. The van der Waals surface area contributed by atoms with Gasteiger partial charge in [-0.15, -0.1) is 0 Å². The number of benzene rings is 7. The van der Waals surface area contributed by atoms with E-state index in [1.165, 1.54) is 77.5 Å². The van der Waals surface area contributed by atoms with E-state index in [1.807, 2.05) is 0 Å². The molecule has 0 N–H and O–H groups in total. The van der Waals surface area contributed by atoms with Crippen LogP contribution in [0.5, 0.6) is 0 Å². The number of aromatic nitrogens is 4. The summed E-state index contributed by atoms with van der Waals surface area (Å²) in [6.45, 7) is 14.0. The summed E-state index contributed by atoms with van der Waals surface area (Å²) in [6.07, 6.45) is 0. The second kappa shape index (κ2) is 11.3. The molecule has 58 heavy (non-hydrogen) atoms. The van der Waals surface area contributed by atoms with Gasteiger partial charge in [0, 0.05) is 38.1 Å². The van der Waals surface area contributed by atoms with Crippen LogP contribution < -0.4 is 0 Å². The maximum Gasteiger partial charge on any atom is 0.238 e. The lowest BCUT2D eigenvalue weighted by atomic mass is 9.82. The van der Waals surface area contributed by atoms with Crippen LogP contribution in [0, 0.1) is 0 Å². The minimum atomic E-state index is -0.154. The largest absolute Gasteiger partial charge is 0.278 e. The van der Waals surface area contributed by atoms with E-state index in [9.17, 15) is 0 Å². The zero-order valence-electron chi connectivity index (χ0n) is 33.6. The molecule has 7 aromatic carbocycles. The molecule has 9 aromatic rings. The molecule has 0 amide bonds. The van der Waals surface area contributed by atoms with Crippen molar-refractivity contribution in [1.29, 1.82) is 0 Å². The Morgan fingerprint density at radius 3 is 1.31 bits per heavy atom. The Bertz CT molecular complexity index is 3140. The Kier molecular flexibility index (Phi) is 6.50. The molecular weight excluding hydrogens is 705 g/mol. The Morgan fingerprint density at radius 1 is 0.345 bits per heavy atom. The third kappa shape index (κ3) is 4.32. The molecule has 0 fully saturated rings. The number of hydrogen-bond acceptors (Lipinski definition) is 3. The summed E-state index contributed by atoms with van der Waals surface area (Å²) in [5.41, 5.74) is 19.4. The van der Waals surface area contributed by atoms with Crippen molar-refractivity contribution in [3.05, 3.63) is 179 Å². The van der Waals surface area contributed by atoms with E-state index >= 15 is 0 Å². The van der Waals surface area contributed by atoms with Crippen LogP contribution in [0.3, 0.4) is 0 Å². The van der Waals surface area contributed by atoms with E-state index in [0.717, 1.165) is 22.2 Å². The molecule has 0 unspecified atom stereocenters. The van der Waals surface area contributed by atoms with Crippen molar-refractivity contribution in [3.8, 4) is 62.1 Å². The quantitative estimate of drug-likeness (QED) is 0.181. The molecule has 2 heterocycles. The number of para-hydroxylation sites is 1. The number of fused-ring (bicyclic) bond motifs is 12. The fourth-order valence-electron chi connectivity index (χ4n) is 10.8. The van der Waals surface area contributed by atoms with Gasteiger partial charge in [-0.1, -0.05) is 157 Å². The standard InChI is InChI=1S/C54H42N4/c1-52(2)41-19-11-7-15-33(41)36-25-23-31(27-44(36)52)49-55-50(32-24-26-37-34-16-8-12-20-42(34)53(3,4)45(37)28-32)57-51(56-49)58-47-22-14-10-18-38(47)40-29-39-35-17-9-13-21-43(35)54(5,6)46(39)30-48(40)58/h7-30H,1-6H3. The average Bonchev–Trinajstić information content (AvgIpc) is 3.86. The predicted molar refractivity (Wildman–Crippen MR) is 238 cm³/mol. The van der Waals surface area contributed by atoms with Crippen LogP contribution in [0.1, 0.15) is 74.9 Å². The van der Waals surface area contributed by atoms with E-state index < -0.39 is 0 Å². The molecule has 4 nitrogen and oxygen atoms in total. The maximum absolute atomic E-state index is 5.44. The van der Waals surface area contributed by atoms with Gasteiger partial charge < -0.3 is 0 Å². The lowest BCUT2D eigenvalue weighted by Crippen LogP contribution is -2.15. The second-order valence-corrected chi connectivity index (χ2v) is 18.1. The van der Waals surface area contributed by atoms with Gasteiger partial charge >= 0.3 is 0 Å². The zero-order chi connectivity index (χ0) is 39.3. The van der Waals surface area contributed by atoms with E-state index in [2.05, 4.69) is 192 Å². The summed E-state index contributed by atoms with van der Waals surface area (Å²) in [7, 11) is 0. The molecule has 4 heteroatoms. The molecule has 12 rings (SSSR count). The van der Waals surface area contributed by atoms with Crippen LogP contribution >= 0.6 is 0 Å². The summed E-state index contributed by atoms with van der Waals surface area (Å²) in [6, 6.07) is 53.5. The highest BCUT2D eigenvalue weighted by atomic mass is 15.2. The predicted octanol–water partition coefficient (Wildman–Crippen LogP) is 13.2. The van der Waals surface area contributed by atoms with Crippen molar-refractivity contribution in [2.45, 2.75) is 57.8 Å². The fraction of sp³-hybridized carbons (Fsp3) is 0.167. The van der Waals surface area contributed by atoms with Gasteiger partial charge in [-0.25, -0.2) is 4.98 Å². The van der Waals surface area contributed by atoms with Crippen molar-refractivity contribution in [1.82, 2.24) is 19.5 Å². The third-order valence-corrected chi connectivity index (χ3v) is 13.9. The van der Waals surface area contributed by atoms with Crippen molar-refractivity contribution < 1.29 is 0 Å². The van der Waals surface area contributed by atoms with Gasteiger partial charge in [0.05, 0.1) is 11.0 Å². The normalized spacial score (nSPS) is 15.8. The van der Waals surface area contributed by atoms with Crippen molar-refractivity contribution in [2.75, 3.05) is 0 Å². The van der Waals surface area contributed by atoms with Gasteiger partial charge in [-0.05, 0) is 97.1 Å². The van der Waals surface area contributed by atoms with E-state index in [-0.39, 0.29) is 16.2 Å². The maximum atomic E-state index is 5.44. The number of hydrogen-bond donors (Lipinski definition) is 0. The van der Waals surface area contributed by atoms with Gasteiger partial charge in [0.1, 0.15) is 0 Å². The third-order valence-electron chi connectivity index (χ3n) is 13.9. The van der Waals surface area contributed by atoms with Crippen LogP contribution in [-0.4, -0.2) is 19.5 Å². The topological polar surface area (TPSA) is 43.6 Å². The molecule has 0 atom stereocenters. The molecule has 2 aromatic heterocycles. The molecule has 0 saturated heterocycles. The van der Waals surface area contributed by atoms with Crippen molar-refractivity contribution in [3.63, 3.8) is 0 Å². The van der Waals surface area contributed by atoms with Crippen molar-refractivity contribution in [2.24, 2.45) is 0 Å². The number of nitrogens with zero attached hydrogens (tertiary/aromatic N) is 4. The van der Waals surface area contributed by atoms with E-state index in [1.54, 1.807) is 0 Å². The van der Waals surface area contributed by atoms with E-state index in [0.29, 0.717) is 17.6 Å². The minimum Gasteiger partial charge on any atom is -0.278 e. The Labute approximate surface area is 338 Å². The van der Waals surface area contributed by atoms with Crippen LogP contribution in [0.25, 0.3) is 83.9 Å². The molecule has 0 aliphatic heterocycles. The first-order valence-corrected chi connectivity index (χ1v) is 20.5. The van der Waals surface area contributed by atoms with Gasteiger partial charge in [-0.3, -0.25) is 4.57 Å². The molecule has 0 bridgehead atoms. The van der Waals surface area contributed by atoms with Crippen LogP contribution in [-0.2, 0) is 16.2 Å². The lowest BCUT2D eigenvalue weighted by molar-refractivity contribution is 0.660. The monoisotopic (exact) mass is 746 g/mol. The Hall–Kier alpha value is -6.65. The van der Waals surface area contributed by atoms with Gasteiger partial charge in [0.25, 0.3) is 0 Å². The first-order chi connectivity index (χ1) is 28.0. The average molecular weight is 747 g/mol. The number of rotatable bonds is 3. The minimum absolute atomic E-state index is 0.152. The Balaban J connectivity index is 1.12. The molecular formula is C54H42N4. The van der Waals surface area contributed by atoms with Crippen LogP contribution in [0.2, 0.25) is 0 Å². The molecule has 0 spiro atoms. The molecule has 0 saturated carbocycles. The van der Waals surface area contributed by atoms with Gasteiger partial charge in [0.2, 0.25) is 5.95 Å². The van der Waals surface area contributed by atoms with Crippen LogP contribution in [0.4, 0.5) is 0 Å². The van der Waals surface area contributed by atoms with E-state index in [4.69, 9.17) is 15.0 Å². The molecule has 0 radical (unpaired) electrons. The highest BCUT2D eigenvalue weighted by Gasteiger charge is 2.38. The van der Waals surface area contributed by atoms with Gasteiger partial charge in [-0.2, -0.15) is 9.97 Å².